The summed E-state index contributed by atoms with van der Waals surface area (Å²) in [7, 11) is -16.9. The molecule has 0 aliphatic carbocycles. The summed E-state index contributed by atoms with van der Waals surface area (Å²) in [5.74, 6) is 0. The second kappa shape index (κ2) is 16.1. The van der Waals surface area contributed by atoms with Crippen molar-refractivity contribution < 1.29 is 71.2 Å². The van der Waals surface area contributed by atoms with Crippen LogP contribution in [0.15, 0.2) is 53.9 Å². The van der Waals surface area contributed by atoms with Crippen LogP contribution >= 0.6 is 23.5 Å². The Morgan fingerprint density at radius 3 is 1.62 bits per heavy atom. The summed E-state index contributed by atoms with van der Waals surface area (Å²) in [6, 6.07) is 2.02. The first-order valence-corrected chi connectivity index (χ1v) is 18.3. The Bertz CT molecular complexity index is 2120. The van der Waals surface area contributed by atoms with Crippen molar-refractivity contribution in [2.75, 3.05) is 13.2 Å². The van der Waals surface area contributed by atoms with Crippen molar-refractivity contribution in [3.05, 3.63) is 87.1 Å². The third-order valence-electron chi connectivity index (χ3n) is 7.24. The number of rotatable bonds is 12. The number of aromatic amines is 2. The summed E-state index contributed by atoms with van der Waals surface area (Å²) in [6.07, 6.45) is -6.27. The summed E-state index contributed by atoms with van der Waals surface area (Å²) in [6.45, 7) is 0.974. The number of phosphoric ester groups is 1. The lowest BCUT2D eigenvalue weighted by atomic mass is 9.93. The monoisotopic (exact) mass is 806 g/mol. The van der Waals surface area contributed by atoms with Gasteiger partial charge in [-0.05, 0) is 24.9 Å². The van der Waals surface area contributed by atoms with Crippen LogP contribution in [-0.4, -0.2) is 103 Å². The lowest BCUT2D eigenvalue weighted by Gasteiger charge is -2.28. The molecule has 2 aromatic heterocycles. The highest BCUT2D eigenvalue weighted by Crippen LogP contribution is 2.66. The molecule has 52 heavy (non-hydrogen) atoms. The molecule has 2 saturated heterocycles. The Kier molecular flexibility index (Phi) is 13.2. The van der Waals surface area contributed by atoms with Gasteiger partial charge in [-0.1, -0.05) is 10.2 Å². The van der Waals surface area contributed by atoms with E-state index in [1.807, 2.05) is 9.97 Å². The number of phosphoric acid groups is 3. The number of azide groups is 2. The van der Waals surface area contributed by atoms with Gasteiger partial charge in [0.1, 0.15) is 23.3 Å². The van der Waals surface area contributed by atoms with Gasteiger partial charge in [-0.25, -0.2) is 23.3 Å². The zero-order valence-electron chi connectivity index (χ0n) is 26.1. The van der Waals surface area contributed by atoms with Gasteiger partial charge in [0.25, 0.3) is 11.1 Å². The van der Waals surface area contributed by atoms with E-state index in [9.17, 15) is 48.0 Å². The highest BCUT2D eigenvalue weighted by atomic mass is 31.3. The molecule has 9 N–H and O–H groups in total. The fraction of sp³-hybridized carbons (Fsp3) is 0.600. The molecule has 0 spiro atoms. The molecule has 288 valence electrons. The molecule has 2 aliphatic heterocycles. The van der Waals surface area contributed by atoms with Gasteiger partial charge in [0.15, 0.2) is 12.5 Å². The van der Waals surface area contributed by atoms with Crippen LogP contribution in [0.4, 0.5) is 0 Å². The van der Waals surface area contributed by atoms with E-state index < -0.39 is 107 Å². The van der Waals surface area contributed by atoms with Crippen LogP contribution < -0.4 is 22.5 Å². The van der Waals surface area contributed by atoms with E-state index in [2.05, 4.69) is 33.2 Å². The van der Waals surface area contributed by atoms with Gasteiger partial charge in [-0.15, -0.1) is 0 Å². The quantitative estimate of drug-likeness (QED) is 0.0487. The van der Waals surface area contributed by atoms with Crippen molar-refractivity contribution in [2.24, 2.45) is 10.2 Å². The van der Waals surface area contributed by atoms with Crippen LogP contribution in [0.25, 0.3) is 20.9 Å². The fourth-order valence-corrected chi connectivity index (χ4v) is 7.90. The van der Waals surface area contributed by atoms with Crippen molar-refractivity contribution in [3.63, 3.8) is 0 Å². The summed E-state index contributed by atoms with van der Waals surface area (Å²) in [5.41, 5.74) is 10.9. The minimum atomic E-state index is -5.77. The van der Waals surface area contributed by atoms with Gasteiger partial charge >= 0.3 is 34.8 Å². The molecule has 0 aromatic carbocycles. The molecule has 4 heterocycles. The first-order valence-electron chi connectivity index (χ1n) is 13.8. The molecular formula is C20H29N10O19P3. The van der Waals surface area contributed by atoms with E-state index in [0.717, 1.165) is 34.4 Å². The minimum absolute atomic E-state index is 0.508. The van der Waals surface area contributed by atoms with Gasteiger partial charge < -0.3 is 44.4 Å². The number of ether oxygens (including phenoxy) is 2. The normalized spacial score (nSPS) is 30.9. The number of aliphatic hydroxyl groups is 3. The smallest absolute Gasteiger partial charge is 0.394 e. The molecule has 2 unspecified atom stereocenters. The number of hydrogen-bond acceptors (Lipinski definition) is 17. The molecule has 2 aliphatic rings. The van der Waals surface area contributed by atoms with Crippen LogP contribution in [0.2, 0.25) is 0 Å². The topological polar surface area (TPSA) is 446 Å². The lowest BCUT2D eigenvalue weighted by Crippen LogP contribution is -2.45. The fourth-order valence-electron chi connectivity index (χ4n) is 4.87. The molecule has 2 aromatic rings. The van der Waals surface area contributed by atoms with E-state index in [0.29, 0.717) is 0 Å². The third-order valence-corrected chi connectivity index (χ3v) is 11.0. The predicted molar refractivity (Wildman–Crippen MR) is 164 cm³/mol. The molecule has 32 heteroatoms. The lowest BCUT2D eigenvalue weighted by molar-refractivity contribution is -0.0487. The first kappa shape index (κ1) is 42.6. The van der Waals surface area contributed by atoms with Crippen LogP contribution in [0.5, 0.6) is 0 Å². The Balaban J connectivity index is 0.000000311. The van der Waals surface area contributed by atoms with E-state index in [1.165, 1.54) is 13.1 Å². The van der Waals surface area contributed by atoms with Crippen LogP contribution in [0.1, 0.15) is 26.3 Å². The van der Waals surface area contributed by atoms with E-state index in [4.69, 9.17) is 40.3 Å². The summed E-state index contributed by atoms with van der Waals surface area (Å²) in [4.78, 5) is 90.9. The summed E-state index contributed by atoms with van der Waals surface area (Å²) < 4.78 is 57.8. The van der Waals surface area contributed by atoms with Crippen molar-refractivity contribution in [1.29, 1.82) is 0 Å². The Labute approximate surface area is 286 Å². The van der Waals surface area contributed by atoms with Gasteiger partial charge in [0.05, 0.1) is 25.4 Å². The molecule has 0 saturated carbocycles. The molecule has 0 radical (unpaired) electrons. The molecule has 2 fully saturated rings. The SMILES string of the molecule is C[C@@]1(N=[N+]=[N-])[C@H](O)[C@@H](CO)O[C@H]1n1ccc(=O)[nH]c1=O.C[C@@]1(N=[N+]=[N-])[C@H](O)[C@@H](COP(=O)(O)OP(=O)(O)OP(=O)(O)O)O[C@H]1n1ccc(=O)[nH]c1=O. The van der Waals surface area contributed by atoms with Crippen molar-refractivity contribution in [2.45, 2.75) is 61.8 Å². The van der Waals surface area contributed by atoms with Gasteiger partial charge in [-0.3, -0.25) is 33.2 Å². The average molecular weight is 806 g/mol. The summed E-state index contributed by atoms with van der Waals surface area (Å²) in [5, 5.41) is 36.6. The zero-order valence-corrected chi connectivity index (χ0v) is 28.8. The van der Waals surface area contributed by atoms with Crippen molar-refractivity contribution in [1.82, 2.24) is 19.1 Å². The molecule has 29 nitrogen and oxygen atoms in total. The van der Waals surface area contributed by atoms with Gasteiger partial charge in [-0.2, -0.15) is 8.62 Å². The Morgan fingerprint density at radius 1 is 0.808 bits per heavy atom. The average Bonchev–Trinajstić information content (AvgIpc) is 3.39. The molecule has 0 amide bonds. The van der Waals surface area contributed by atoms with Crippen LogP contribution in [-0.2, 0) is 36.3 Å². The number of aliphatic hydroxyl groups excluding tert-OH is 3. The number of H-pyrrole nitrogens is 2. The maximum atomic E-state index is 12.1. The standard InChI is InChI=1S/C10H16N5O14P3.C10H13N5O5/c1-10(13-14-11)7(17)5(27-8(10)15-3-2-6(16)12-9(15)18)4-26-31(22,23)29-32(24,25)28-30(19,20)21;1-10(13-14-11)7(18)5(4-16)20-8(10)15-3-2-6(17)12-9(15)19/h2-3,5,7-8,17H,4H2,1H3,(H,22,23)(H,24,25)(H,12,16,18)(H2,19,20,21);2-3,5,7-8,16,18H,4H2,1H3,(H,12,17,19)/t2*5-,7-,8-,10-/m11/s1. The van der Waals surface area contributed by atoms with Gasteiger partial charge in [0, 0.05) is 34.3 Å². The number of nitrogens with zero attached hydrogens (tertiary/aromatic N) is 8. The van der Waals surface area contributed by atoms with E-state index in [-0.39, 0.29) is 0 Å². The first-order chi connectivity index (χ1) is 23.9. The number of nitrogens with one attached hydrogen (secondary N) is 2. The predicted octanol–water partition coefficient (Wildman–Crippen LogP) is -1.94. The second-order valence-corrected chi connectivity index (χ2v) is 15.3. The number of aromatic nitrogens is 4. The largest absolute Gasteiger partial charge is 0.490 e. The highest BCUT2D eigenvalue weighted by Gasteiger charge is 2.56. The highest BCUT2D eigenvalue weighted by molar-refractivity contribution is 7.66. The number of hydrogen-bond donors (Lipinski definition) is 9. The van der Waals surface area contributed by atoms with Crippen molar-refractivity contribution in [3.8, 4) is 0 Å². The molecular weight excluding hydrogens is 777 g/mol. The molecule has 0 bridgehead atoms. The Morgan fingerprint density at radius 2 is 1.23 bits per heavy atom. The van der Waals surface area contributed by atoms with E-state index in [1.54, 1.807) is 0 Å². The van der Waals surface area contributed by atoms with Crippen LogP contribution in [0.3, 0.4) is 0 Å². The van der Waals surface area contributed by atoms with Crippen molar-refractivity contribution >= 4 is 23.5 Å². The maximum absolute atomic E-state index is 12.1. The summed E-state index contributed by atoms with van der Waals surface area (Å²) >= 11 is 0. The van der Waals surface area contributed by atoms with Crippen LogP contribution in [0, 0.1) is 0 Å². The maximum Gasteiger partial charge on any atom is 0.490 e. The van der Waals surface area contributed by atoms with E-state index >= 15 is 0 Å². The molecule has 10 atom stereocenters. The minimum Gasteiger partial charge on any atom is -0.394 e. The Hall–Kier alpha value is -3.81. The zero-order chi connectivity index (χ0) is 39.4. The van der Waals surface area contributed by atoms with Gasteiger partial charge in [0.2, 0.25) is 0 Å². The third kappa shape index (κ3) is 9.78. The molecule has 4 rings (SSSR count). The second-order valence-electron chi connectivity index (χ2n) is 10.9.